The zero-order chi connectivity index (χ0) is 26.2. The molecule has 6 aromatic heterocycles. The van der Waals surface area contributed by atoms with E-state index < -0.39 is 0 Å². The van der Waals surface area contributed by atoms with Gasteiger partial charge in [0.05, 0.1) is 11.0 Å². The average molecular weight is 514 g/mol. The summed E-state index contributed by atoms with van der Waals surface area (Å²) >= 11 is 0. The molecule has 40 heavy (non-hydrogen) atoms. The number of pyridine rings is 3. The monoisotopic (exact) mass is 513 g/mol. The van der Waals surface area contributed by atoms with E-state index in [4.69, 9.17) is 24.9 Å². The van der Waals surface area contributed by atoms with E-state index in [0.717, 1.165) is 71.8 Å². The molecule has 0 aliphatic carbocycles. The molecule has 0 saturated heterocycles. The maximum Gasteiger partial charge on any atom is 0.169 e. The maximum atomic E-state index is 5.31. The van der Waals surface area contributed by atoms with E-state index in [1.165, 1.54) is 0 Å². The summed E-state index contributed by atoms with van der Waals surface area (Å²) in [7, 11) is 0. The number of aromatic nitrogens is 7. The van der Waals surface area contributed by atoms with E-state index in [2.05, 4.69) is 57.7 Å². The minimum absolute atomic E-state index is 0.703. The second-order valence-corrected chi connectivity index (χ2v) is 9.91. The first kappa shape index (κ1) is 21.3. The van der Waals surface area contributed by atoms with E-state index in [-0.39, 0.29) is 0 Å². The summed E-state index contributed by atoms with van der Waals surface area (Å²) in [4.78, 5) is 25.0. The van der Waals surface area contributed by atoms with Gasteiger partial charge in [0.2, 0.25) is 0 Å². The van der Waals surface area contributed by atoms with Crippen LogP contribution in [-0.2, 0) is 0 Å². The van der Waals surface area contributed by atoms with Crippen LogP contribution in [0.15, 0.2) is 116 Å². The highest BCUT2D eigenvalue weighted by molar-refractivity contribution is 6.11. The van der Waals surface area contributed by atoms with Crippen LogP contribution in [0, 0.1) is 0 Å². The molecule has 0 spiro atoms. The molecule has 0 radical (unpaired) electrons. The fourth-order valence-electron chi connectivity index (χ4n) is 5.78. The van der Waals surface area contributed by atoms with Crippen molar-refractivity contribution in [3.8, 4) is 11.6 Å². The SMILES string of the molecule is c1ccc2cc(-n3c4ccccc4c4nc5c6ncccc6n(-c6cc7ccccc7cn6)c5nc43)ncc2c1. The highest BCUT2D eigenvalue weighted by atomic mass is 15.2. The van der Waals surface area contributed by atoms with Crippen LogP contribution in [0.1, 0.15) is 0 Å². The molecule has 0 amide bonds. The number of fused-ring (bicyclic) bond motifs is 8. The van der Waals surface area contributed by atoms with Gasteiger partial charge in [-0.2, -0.15) is 0 Å². The Labute approximate surface area is 227 Å². The number of para-hydroxylation sites is 1. The standard InChI is InChI=1S/C33H19N7/c1-3-10-22-18-35-27(16-20(22)8-1)39-25-13-6-5-12-24(25)29-32(39)38-33-31(37-29)30-26(14-7-15-34-30)40(33)28-17-21-9-2-4-11-23(21)19-36-28/h1-19H. The third-order valence-electron chi connectivity index (χ3n) is 7.63. The fourth-order valence-corrected chi connectivity index (χ4v) is 5.78. The summed E-state index contributed by atoms with van der Waals surface area (Å²) in [6, 6.07) is 32.9. The van der Waals surface area contributed by atoms with Crippen LogP contribution in [0.3, 0.4) is 0 Å². The molecular formula is C33H19N7. The first-order valence-electron chi connectivity index (χ1n) is 13.1. The number of nitrogens with zero attached hydrogens (tertiary/aromatic N) is 7. The lowest BCUT2D eigenvalue weighted by Crippen LogP contribution is -2.02. The predicted molar refractivity (Wildman–Crippen MR) is 159 cm³/mol. The number of rotatable bonds is 2. The molecule has 7 heteroatoms. The maximum absolute atomic E-state index is 5.31. The topological polar surface area (TPSA) is 74.3 Å². The molecule has 3 aromatic carbocycles. The van der Waals surface area contributed by atoms with Gasteiger partial charge in [-0.25, -0.2) is 19.9 Å². The Morgan fingerprint density at radius 2 is 1.02 bits per heavy atom. The molecule has 9 aromatic rings. The first-order chi connectivity index (χ1) is 19.8. The van der Waals surface area contributed by atoms with Crippen molar-refractivity contribution in [3.05, 3.63) is 116 Å². The second kappa shape index (κ2) is 7.91. The van der Waals surface area contributed by atoms with Crippen molar-refractivity contribution >= 4 is 65.8 Å². The van der Waals surface area contributed by atoms with Crippen LogP contribution in [-0.4, -0.2) is 34.1 Å². The van der Waals surface area contributed by atoms with Crippen LogP contribution >= 0.6 is 0 Å². The van der Waals surface area contributed by atoms with Gasteiger partial charge in [0.1, 0.15) is 28.2 Å². The Hall–Kier alpha value is -5.69. The second-order valence-electron chi connectivity index (χ2n) is 9.91. The molecule has 0 atom stereocenters. The van der Waals surface area contributed by atoms with Gasteiger partial charge in [-0.3, -0.25) is 14.1 Å². The third kappa shape index (κ3) is 2.91. The van der Waals surface area contributed by atoms with E-state index >= 15 is 0 Å². The molecule has 9 rings (SSSR count). The normalized spacial score (nSPS) is 12.0. The molecule has 6 heterocycles. The van der Waals surface area contributed by atoms with E-state index in [0.29, 0.717) is 5.65 Å². The van der Waals surface area contributed by atoms with Gasteiger partial charge in [0.15, 0.2) is 11.3 Å². The van der Waals surface area contributed by atoms with Crippen LogP contribution in [0.4, 0.5) is 0 Å². The lowest BCUT2D eigenvalue weighted by molar-refractivity contribution is 1.04. The smallest absolute Gasteiger partial charge is 0.169 e. The van der Waals surface area contributed by atoms with Crippen molar-refractivity contribution in [2.24, 2.45) is 0 Å². The fraction of sp³-hybridized carbons (Fsp3) is 0. The largest absolute Gasteiger partial charge is 0.276 e. The van der Waals surface area contributed by atoms with E-state index in [9.17, 15) is 0 Å². The van der Waals surface area contributed by atoms with Gasteiger partial charge in [0.25, 0.3) is 0 Å². The molecule has 0 bridgehead atoms. The quantitative estimate of drug-likeness (QED) is 0.245. The lowest BCUT2D eigenvalue weighted by Gasteiger charge is -2.09. The van der Waals surface area contributed by atoms with E-state index in [1.807, 2.05) is 60.9 Å². The summed E-state index contributed by atoms with van der Waals surface area (Å²) < 4.78 is 4.17. The summed E-state index contributed by atoms with van der Waals surface area (Å²) in [5, 5.41) is 5.42. The molecule has 0 aliphatic rings. The molecule has 0 aliphatic heterocycles. The Morgan fingerprint density at radius 3 is 1.75 bits per heavy atom. The van der Waals surface area contributed by atoms with Gasteiger partial charge in [0, 0.05) is 34.7 Å². The van der Waals surface area contributed by atoms with Crippen molar-refractivity contribution in [2.45, 2.75) is 0 Å². The van der Waals surface area contributed by atoms with Gasteiger partial charge in [-0.15, -0.1) is 0 Å². The highest BCUT2D eigenvalue weighted by Crippen LogP contribution is 2.35. The minimum atomic E-state index is 0.703. The molecule has 7 nitrogen and oxygen atoms in total. The predicted octanol–water partition coefficient (Wildman–Crippen LogP) is 7.16. The van der Waals surface area contributed by atoms with Crippen LogP contribution in [0.5, 0.6) is 0 Å². The zero-order valence-corrected chi connectivity index (χ0v) is 21.1. The van der Waals surface area contributed by atoms with Crippen LogP contribution < -0.4 is 0 Å². The molecular weight excluding hydrogens is 494 g/mol. The summed E-state index contributed by atoms with van der Waals surface area (Å²) in [5.74, 6) is 1.56. The number of benzene rings is 3. The Balaban J connectivity index is 1.43. The zero-order valence-electron chi connectivity index (χ0n) is 21.1. The lowest BCUT2D eigenvalue weighted by atomic mass is 10.2. The molecule has 0 saturated carbocycles. The number of hydrogen-bond donors (Lipinski definition) is 0. The Morgan fingerprint density at radius 1 is 0.450 bits per heavy atom. The Bertz CT molecular complexity index is 2280. The highest BCUT2D eigenvalue weighted by Gasteiger charge is 2.22. The van der Waals surface area contributed by atoms with Crippen molar-refractivity contribution < 1.29 is 0 Å². The van der Waals surface area contributed by atoms with Crippen LogP contribution in [0.25, 0.3) is 77.4 Å². The van der Waals surface area contributed by atoms with Gasteiger partial charge < -0.3 is 0 Å². The summed E-state index contributed by atoms with van der Waals surface area (Å²) in [6.07, 6.45) is 5.62. The summed E-state index contributed by atoms with van der Waals surface area (Å²) in [5.41, 5.74) is 5.70. The van der Waals surface area contributed by atoms with Gasteiger partial charge in [-0.1, -0.05) is 66.7 Å². The third-order valence-corrected chi connectivity index (χ3v) is 7.63. The van der Waals surface area contributed by atoms with Crippen molar-refractivity contribution in [3.63, 3.8) is 0 Å². The van der Waals surface area contributed by atoms with Gasteiger partial charge in [-0.05, 0) is 41.1 Å². The van der Waals surface area contributed by atoms with Crippen LogP contribution in [0.2, 0.25) is 0 Å². The van der Waals surface area contributed by atoms with Crippen molar-refractivity contribution in [1.29, 1.82) is 0 Å². The molecule has 0 N–H and O–H groups in total. The van der Waals surface area contributed by atoms with Gasteiger partial charge >= 0.3 is 0 Å². The number of hydrogen-bond acceptors (Lipinski definition) is 5. The van der Waals surface area contributed by atoms with Crippen molar-refractivity contribution in [1.82, 2.24) is 34.1 Å². The Kier molecular flexibility index (Phi) is 4.20. The molecule has 0 unspecified atom stereocenters. The average Bonchev–Trinajstić information content (AvgIpc) is 3.51. The van der Waals surface area contributed by atoms with Crippen molar-refractivity contribution in [2.75, 3.05) is 0 Å². The summed E-state index contributed by atoms with van der Waals surface area (Å²) in [6.45, 7) is 0. The minimum Gasteiger partial charge on any atom is -0.276 e. The van der Waals surface area contributed by atoms with E-state index in [1.54, 1.807) is 6.20 Å². The molecule has 0 fully saturated rings. The first-order valence-corrected chi connectivity index (χ1v) is 13.1. The molecule has 186 valence electrons.